The van der Waals surface area contributed by atoms with Crippen molar-refractivity contribution in [3.63, 3.8) is 0 Å². The molecular formula is C5H7Cl2NO2S. The van der Waals surface area contributed by atoms with E-state index < -0.39 is 12.0 Å². The minimum Gasteiger partial charge on any atom is -0.412 e. The second kappa shape index (κ2) is 5.71. The van der Waals surface area contributed by atoms with Crippen molar-refractivity contribution in [1.29, 1.82) is 0 Å². The van der Waals surface area contributed by atoms with Crippen molar-refractivity contribution in [3.05, 3.63) is 10.8 Å². The van der Waals surface area contributed by atoms with Gasteiger partial charge in [-0.25, -0.2) is 4.79 Å². The van der Waals surface area contributed by atoms with Crippen LogP contribution in [0, 0.1) is 0 Å². The molecule has 0 unspecified atom stereocenters. The normalized spacial score (nSPS) is 14.4. The third kappa shape index (κ3) is 4.53. The molecule has 0 spiro atoms. The van der Waals surface area contributed by atoms with Gasteiger partial charge in [0.2, 0.25) is 5.22 Å². The molecule has 0 fully saturated rings. The number of ether oxygens (including phenoxy) is 1. The van der Waals surface area contributed by atoms with Crippen LogP contribution in [0.2, 0.25) is 0 Å². The summed E-state index contributed by atoms with van der Waals surface area (Å²) >= 11 is 14.2. The van der Waals surface area contributed by atoms with Gasteiger partial charge in [0.05, 0.1) is 5.54 Å². The van der Waals surface area contributed by atoms with Gasteiger partial charge in [0.25, 0.3) is 0 Å². The summed E-state index contributed by atoms with van der Waals surface area (Å²) in [6.45, 7) is 0. The Labute approximate surface area is 79.9 Å². The van der Waals surface area contributed by atoms with E-state index in [0.29, 0.717) is 0 Å². The van der Waals surface area contributed by atoms with Crippen LogP contribution in [0.3, 0.4) is 0 Å². The summed E-state index contributed by atoms with van der Waals surface area (Å²) in [4.78, 5) is 10.8. The Bertz CT molecular complexity index is 174. The van der Waals surface area contributed by atoms with E-state index in [0.717, 1.165) is 5.54 Å². The number of nitrogens with two attached hydrogens (primary N) is 1. The highest BCUT2D eigenvalue weighted by Gasteiger charge is 2.13. The Hall–Kier alpha value is 0.1000. The quantitative estimate of drug-likeness (QED) is 0.421. The molecule has 0 aliphatic rings. The first-order valence-electron chi connectivity index (χ1n) is 2.65. The summed E-state index contributed by atoms with van der Waals surface area (Å²) < 4.78 is 4.43. The molecule has 1 atom stereocenters. The molecule has 0 bridgehead atoms. The van der Waals surface area contributed by atoms with E-state index in [1.165, 1.54) is 0 Å². The molecule has 0 aromatic rings. The lowest BCUT2D eigenvalue weighted by molar-refractivity contribution is -0.139. The largest absolute Gasteiger partial charge is 0.412 e. The Kier molecular flexibility index (Phi) is 5.76. The van der Waals surface area contributed by atoms with Crippen molar-refractivity contribution in [2.45, 2.75) is 6.04 Å². The van der Waals surface area contributed by atoms with E-state index in [4.69, 9.17) is 28.9 Å². The lowest BCUT2D eigenvalue weighted by Gasteiger charge is -2.05. The van der Waals surface area contributed by atoms with Crippen LogP contribution < -0.4 is 5.73 Å². The molecule has 0 heterocycles. The number of carbonyl (C=O) groups is 1. The summed E-state index contributed by atoms with van der Waals surface area (Å²) in [6, 6.07) is -0.774. The van der Waals surface area contributed by atoms with E-state index in [1.54, 1.807) is 0 Å². The second-order valence-electron chi connectivity index (χ2n) is 1.62. The van der Waals surface area contributed by atoms with E-state index in [-0.39, 0.29) is 11.0 Å². The van der Waals surface area contributed by atoms with Gasteiger partial charge in [-0.3, -0.25) is 0 Å². The standard InChI is InChI=1S/C5H7Cl2NO2S/c6-1-4(7)10-5(9)3(8)2-11/h1,3,11H,2,8H2/t3-/m0/s1. The molecular weight excluding hydrogens is 209 g/mol. The van der Waals surface area contributed by atoms with Gasteiger partial charge in [-0.2, -0.15) is 12.6 Å². The number of carbonyl (C=O) groups excluding carboxylic acids is 1. The van der Waals surface area contributed by atoms with Crippen LogP contribution in [0.4, 0.5) is 0 Å². The molecule has 6 heteroatoms. The zero-order valence-electron chi connectivity index (χ0n) is 5.46. The molecule has 0 aliphatic carbocycles. The van der Waals surface area contributed by atoms with E-state index in [1.807, 2.05) is 0 Å². The average Bonchev–Trinajstić information content (AvgIpc) is 2.02. The van der Waals surface area contributed by atoms with Gasteiger partial charge in [0.15, 0.2) is 0 Å². The Balaban J connectivity index is 3.87. The maximum atomic E-state index is 10.8. The molecule has 3 nitrogen and oxygen atoms in total. The highest BCUT2D eigenvalue weighted by Crippen LogP contribution is 2.06. The van der Waals surface area contributed by atoms with Crippen molar-refractivity contribution < 1.29 is 9.53 Å². The van der Waals surface area contributed by atoms with Gasteiger partial charge in [-0.05, 0) is 11.6 Å². The molecule has 64 valence electrons. The monoisotopic (exact) mass is 215 g/mol. The summed E-state index contributed by atoms with van der Waals surface area (Å²) in [7, 11) is 0. The van der Waals surface area contributed by atoms with Crippen LogP contribution in [0.15, 0.2) is 10.8 Å². The molecule has 0 aliphatic heterocycles. The summed E-state index contributed by atoms with van der Waals surface area (Å²) in [5.74, 6) is -0.451. The number of thiol groups is 1. The molecule has 0 radical (unpaired) electrons. The van der Waals surface area contributed by atoms with Crippen molar-refractivity contribution in [3.8, 4) is 0 Å². The van der Waals surface area contributed by atoms with Crippen molar-refractivity contribution in [1.82, 2.24) is 0 Å². The van der Waals surface area contributed by atoms with Gasteiger partial charge in [0, 0.05) is 5.75 Å². The minimum atomic E-state index is -0.774. The second-order valence-corrected chi connectivity index (χ2v) is 2.58. The number of halogens is 2. The molecule has 0 saturated carbocycles. The molecule has 0 amide bonds. The molecule has 0 aromatic carbocycles. The molecule has 0 saturated heterocycles. The van der Waals surface area contributed by atoms with Crippen LogP contribution in [0.25, 0.3) is 0 Å². The topological polar surface area (TPSA) is 52.3 Å². The molecule has 2 N–H and O–H groups in total. The average molecular weight is 216 g/mol. The van der Waals surface area contributed by atoms with Gasteiger partial charge in [0.1, 0.15) is 6.04 Å². The fourth-order valence-corrected chi connectivity index (χ4v) is 0.538. The first-order chi connectivity index (χ1) is 5.11. The minimum absolute atomic E-state index is 0.200. The first kappa shape index (κ1) is 11.1. The van der Waals surface area contributed by atoms with Gasteiger partial charge >= 0.3 is 5.97 Å². The smallest absolute Gasteiger partial charge is 0.330 e. The lowest BCUT2D eigenvalue weighted by Crippen LogP contribution is -2.33. The van der Waals surface area contributed by atoms with E-state index in [9.17, 15) is 4.79 Å². The predicted octanol–water partition coefficient (Wildman–Crippen LogP) is 1.06. The predicted molar refractivity (Wildman–Crippen MR) is 47.7 cm³/mol. The van der Waals surface area contributed by atoms with Crippen LogP contribution in [0.1, 0.15) is 0 Å². The van der Waals surface area contributed by atoms with Crippen LogP contribution in [-0.2, 0) is 9.53 Å². The summed E-state index contributed by atoms with van der Waals surface area (Å²) in [5, 5.41) is -0.200. The van der Waals surface area contributed by atoms with Gasteiger partial charge in [-0.15, -0.1) is 0 Å². The van der Waals surface area contributed by atoms with Crippen LogP contribution in [-0.4, -0.2) is 17.8 Å². The summed E-state index contributed by atoms with van der Waals surface area (Å²) in [5.41, 5.74) is 6.17. The van der Waals surface area contributed by atoms with Gasteiger partial charge < -0.3 is 10.5 Å². The fourth-order valence-electron chi connectivity index (χ4n) is 0.269. The van der Waals surface area contributed by atoms with Crippen LogP contribution in [0.5, 0.6) is 0 Å². The zero-order valence-corrected chi connectivity index (χ0v) is 7.87. The van der Waals surface area contributed by atoms with E-state index in [2.05, 4.69) is 17.4 Å². The number of esters is 1. The van der Waals surface area contributed by atoms with Crippen molar-refractivity contribution >= 4 is 41.8 Å². The number of hydrogen-bond donors (Lipinski definition) is 2. The van der Waals surface area contributed by atoms with Gasteiger partial charge in [-0.1, -0.05) is 11.6 Å². The first-order valence-corrected chi connectivity index (χ1v) is 4.10. The van der Waals surface area contributed by atoms with Crippen LogP contribution >= 0.6 is 35.8 Å². The van der Waals surface area contributed by atoms with E-state index >= 15 is 0 Å². The fraction of sp³-hybridized carbons (Fsp3) is 0.400. The Morgan fingerprint density at radius 3 is 2.73 bits per heavy atom. The third-order valence-electron chi connectivity index (χ3n) is 0.783. The highest BCUT2D eigenvalue weighted by molar-refractivity contribution is 7.80. The third-order valence-corrected chi connectivity index (χ3v) is 1.67. The number of rotatable bonds is 3. The maximum absolute atomic E-state index is 10.8. The highest BCUT2D eigenvalue weighted by atomic mass is 35.5. The molecule has 0 rings (SSSR count). The number of hydrogen-bond acceptors (Lipinski definition) is 4. The Morgan fingerprint density at radius 1 is 1.82 bits per heavy atom. The lowest BCUT2D eigenvalue weighted by atomic mass is 10.4. The molecule has 0 aromatic heterocycles. The maximum Gasteiger partial charge on any atom is 0.330 e. The summed E-state index contributed by atoms with van der Waals surface area (Å²) in [6.07, 6.45) is 0. The van der Waals surface area contributed by atoms with Crippen molar-refractivity contribution in [2.24, 2.45) is 5.73 Å². The Morgan fingerprint density at radius 2 is 2.36 bits per heavy atom. The zero-order chi connectivity index (χ0) is 8.85. The van der Waals surface area contributed by atoms with Crippen molar-refractivity contribution in [2.75, 3.05) is 5.75 Å². The molecule has 11 heavy (non-hydrogen) atoms. The SMILES string of the molecule is N[C@@H](CS)C(=O)OC(Cl)=CCl.